The number of carbonyl (C=O) groups is 16. The fourth-order valence-electron chi connectivity index (χ4n) is 8.38. The maximum absolute atomic E-state index is 14.0. The van der Waals surface area contributed by atoms with Crippen LogP contribution in [0.2, 0.25) is 0 Å². The number of hydrogen-bond acceptors (Lipinski definition) is 18. The van der Waals surface area contributed by atoms with Crippen LogP contribution in [-0.4, -0.2) is 199 Å². The molecule has 2 aliphatic rings. The average molecular weight is 1170 g/mol. The fourth-order valence-corrected chi connectivity index (χ4v) is 8.38. The molecule has 0 bridgehead atoms. The summed E-state index contributed by atoms with van der Waals surface area (Å²) in [7, 11) is 0. The lowest BCUT2D eigenvalue weighted by molar-refractivity contribution is -0.143. The molecule has 0 aromatic heterocycles. The van der Waals surface area contributed by atoms with Gasteiger partial charge in [-0.1, -0.05) is 12.8 Å². The molecule has 0 spiro atoms. The van der Waals surface area contributed by atoms with Crippen LogP contribution in [0.3, 0.4) is 0 Å². The van der Waals surface area contributed by atoms with E-state index in [0.717, 1.165) is 0 Å². The minimum Gasteiger partial charge on any atom is -0.481 e. The molecule has 0 aliphatic carbocycles. The van der Waals surface area contributed by atoms with E-state index in [-0.39, 0.29) is 77.3 Å². The molecular formula is C48H74N12O22. The van der Waals surface area contributed by atoms with Crippen molar-refractivity contribution in [2.24, 2.45) is 11.5 Å². The summed E-state index contributed by atoms with van der Waals surface area (Å²) in [5, 5.41) is 80.6. The van der Waals surface area contributed by atoms with E-state index in [1.807, 2.05) is 0 Å². The van der Waals surface area contributed by atoms with Crippen LogP contribution in [0.25, 0.3) is 0 Å². The van der Waals surface area contributed by atoms with E-state index < -0.39 is 207 Å². The zero-order valence-electron chi connectivity index (χ0n) is 44.7. The molecule has 0 saturated carbocycles. The molecule has 10 amide bonds. The quantitative estimate of drug-likeness (QED) is 0.0254. The van der Waals surface area contributed by atoms with Crippen LogP contribution in [0, 0.1) is 0 Å². The van der Waals surface area contributed by atoms with Crippen LogP contribution in [0.15, 0.2) is 0 Å². The topological polar surface area (TPSA) is 567 Å². The van der Waals surface area contributed by atoms with Gasteiger partial charge in [0.2, 0.25) is 59.1 Å². The Morgan fingerprint density at radius 2 is 0.646 bits per heavy atom. The number of nitrogens with one attached hydrogen (secondary N) is 10. The minimum absolute atomic E-state index is 0.0188. The first-order chi connectivity index (χ1) is 38.6. The number of aliphatic carboxylic acids is 6. The van der Waals surface area contributed by atoms with Gasteiger partial charge < -0.3 is 95.3 Å². The lowest BCUT2D eigenvalue weighted by Gasteiger charge is -2.27. The molecule has 2 heterocycles. The van der Waals surface area contributed by atoms with Crippen LogP contribution in [0.1, 0.15) is 128 Å². The van der Waals surface area contributed by atoms with Crippen molar-refractivity contribution in [2.45, 2.75) is 189 Å². The smallest absolute Gasteiger partial charge is 0.326 e. The molecule has 458 valence electrons. The molecule has 0 aromatic carbocycles. The number of carboxylic acids is 6. The Balaban J connectivity index is 2.52. The molecule has 2 saturated heterocycles. The van der Waals surface area contributed by atoms with Gasteiger partial charge in [-0.25, -0.2) is 9.59 Å². The Hall–Kier alpha value is -8.56. The third-order valence-corrected chi connectivity index (χ3v) is 12.8. The molecule has 2 rings (SSSR count). The first-order valence-electron chi connectivity index (χ1n) is 26.4. The highest BCUT2D eigenvalue weighted by molar-refractivity contribution is 5.99. The van der Waals surface area contributed by atoms with Crippen molar-refractivity contribution in [3.05, 3.63) is 0 Å². The molecule has 34 heteroatoms. The first kappa shape index (κ1) is 69.5. The predicted octanol–water partition coefficient (Wildman–Crippen LogP) is -5.91. The number of nitrogens with two attached hydrogens (primary N) is 2. The van der Waals surface area contributed by atoms with Crippen LogP contribution >= 0.6 is 0 Å². The van der Waals surface area contributed by atoms with Crippen LogP contribution in [-0.2, 0) is 76.7 Å². The molecule has 2 fully saturated rings. The van der Waals surface area contributed by atoms with Crippen LogP contribution in [0.5, 0.6) is 0 Å². The molecule has 0 unspecified atom stereocenters. The highest BCUT2D eigenvalue weighted by atomic mass is 16.4. The predicted molar refractivity (Wildman–Crippen MR) is 276 cm³/mol. The van der Waals surface area contributed by atoms with Crippen molar-refractivity contribution in [3.8, 4) is 0 Å². The fraction of sp³-hybridized carbons (Fsp3) is 0.667. The van der Waals surface area contributed by atoms with Gasteiger partial charge in [-0.3, -0.25) is 67.1 Å². The van der Waals surface area contributed by atoms with E-state index in [9.17, 15) is 107 Å². The number of amides is 10. The molecule has 2 aliphatic heterocycles. The maximum atomic E-state index is 14.0. The van der Waals surface area contributed by atoms with E-state index in [1.54, 1.807) is 0 Å². The van der Waals surface area contributed by atoms with E-state index in [1.165, 1.54) is 0 Å². The summed E-state index contributed by atoms with van der Waals surface area (Å²) >= 11 is 0. The number of unbranched alkanes of at least 4 members (excludes halogenated alkanes) is 3. The number of carbonyl (C=O) groups excluding carboxylic acids is 10. The number of rotatable bonds is 41. The van der Waals surface area contributed by atoms with E-state index in [4.69, 9.17) is 11.5 Å². The third-order valence-electron chi connectivity index (χ3n) is 12.8. The monoisotopic (exact) mass is 1170 g/mol. The molecule has 0 aromatic rings. The van der Waals surface area contributed by atoms with Crippen LogP contribution < -0.4 is 64.6 Å². The Kier molecular flexibility index (Phi) is 30.5. The van der Waals surface area contributed by atoms with Gasteiger partial charge >= 0.3 is 35.8 Å². The zero-order chi connectivity index (χ0) is 61.6. The average Bonchev–Trinajstić information content (AvgIpc) is 4.12. The van der Waals surface area contributed by atoms with Crippen molar-refractivity contribution in [3.63, 3.8) is 0 Å². The van der Waals surface area contributed by atoms with Gasteiger partial charge in [0.15, 0.2) is 0 Å². The van der Waals surface area contributed by atoms with Crippen molar-refractivity contribution < 1.29 is 107 Å². The molecule has 20 N–H and O–H groups in total. The second kappa shape index (κ2) is 35.9. The van der Waals surface area contributed by atoms with Gasteiger partial charge in [0.25, 0.3) is 0 Å². The largest absolute Gasteiger partial charge is 0.481 e. The van der Waals surface area contributed by atoms with Gasteiger partial charge in [-0.2, -0.15) is 0 Å². The van der Waals surface area contributed by atoms with Crippen molar-refractivity contribution >= 4 is 94.9 Å². The van der Waals surface area contributed by atoms with E-state index in [2.05, 4.69) is 53.2 Å². The van der Waals surface area contributed by atoms with E-state index >= 15 is 0 Å². The second-order valence-corrected chi connectivity index (χ2v) is 19.4. The summed E-state index contributed by atoms with van der Waals surface area (Å²) < 4.78 is 0. The summed E-state index contributed by atoms with van der Waals surface area (Å²) in [4.78, 5) is 204. The van der Waals surface area contributed by atoms with Crippen LogP contribution in [0.4, 0.5) is 0 Å². The summed E-state index contributed by atoms with van der Waals surface area (Å²) in [6, 6.07) is -16.5. The molecule has 0 radical (unpaired) electrons. The lowest BCUT2D eigenvalue weighted by atomic mass is 10.0. The second-order valence-electron chi connectivity index (χ2n) is 19.4. The SMILES string of the molecule is NCCCC[C@H](NC(=O)[C@H](CCCC[C@H](NC(=O)[C@H](CC(=O)O)NC(=O)[C@@H](CCC(=O)O)NC(=O)[C@@H]1CCC(=O)N1)C(=O)N[C@@H](CCCCN)C(=O)O)NC(=O)[C@H](CC(=O)O)NC(=O)[C@@H](CCC(=O)O)NC(=O)[C@@H]1CCC(=O)N1)C(=O)O. The number of carboxylic acid groups (broad SMARTS) is 6. The Labute approximate surface area is 467 Å². The number of hydrogen-bond donors (Lipinski definition) is 18. The van der Waals surface area contributed by atoms with Crippen molar-refractivity contribution in [1.29, 1.82) is 0 Å². The zero-order valence-corrected chi connectivity index (χ0v) is 44.7. The maximum Gasteiger partial charge on any atom is 0.326 e. The first-order valence-corrected chi connectivity index (χ1v) is 26.4. The van der Waals surface area contributed by atoms with Gasteiger partial charge in [0.1, 0.15) is 60.4 Å². The third kappa shape index (κ3) is 26.1. The summed E-state index contributed by atoms with van der Waals surface area (Å²) in [6.07, 6.45) is -5.75. The minimum atomic E-state index is -2.07. The Morgan fingerprint density at radius 1 is 0.378 bits per heavy atom. The summed E-state index contributed by atoms with van der Waals surface area (Å²) in [6.45, 7) is 0.316. The summed E-state index contributed by atoms with van der Waals surface area (Å²) in [5.74, 6) is -19.6. The van der Waals surface area contributed by atoms with Gasteiger partial charge in [-0.05, 0) is 90.1 Å². The van der Waals surface area contributed by atoms with Crippen molar-refractivity contribution in [1.82, 2.24) is 53.2 Å². The normalized spacial score (nSPS) is 17.4. The van der Waals surface area contributed by atoms with Gasteiger partial charge in [-0.15, -0.1) is 0 Å². The molecule has 34 nitrogen and oxygen atoms in total. The Morgan fingerprint density at radius 3 is 0.915 bits per heavy atom. The highest BCUT2D eigenvalue weighted by Crippen LogP contribution is 2.14. The Bertz CT molecular complexity index is 2200. The lowest BCUT2D eigenvalue weighted by Crippen LogP contribution is -2.59. The molecular weight excluding hydrogens is 1100 g/mol. The highest BCUT2D eigenvalue weighted by Gasteiger charge is 2.37. The van der Waals surface area contributed by atoms with Gasteiger partial charge in [0.05, 0.1) is 12.8 Å². The summed E-state index contributed by atoms with van der Waals surface area (Å²) in [5.41, 5.74) is 11.1. The standard InChI is InChI=1S/C48H74N12O22/c49-19-5-3-9-29(47(79)80)57-39(71)23(53-45(77)31(21-37(67)68)59-43(75)27(13-17-35(63)64)55-41(73)25-11-15-33(61)51-25)7-1-2-8-24(40(72)58-30(48(81)82)10-4-6-20-50)54-46(78)32(22-38(69)70)60-44(76)28(14-18-36(65)66)56-42(74)26-12-16-34(62)52-26/h23-32H,1-22,49-50H2,(H,51,61)(H,52,62)(H,53,77)(H,54,78)(H,55,73)(H,56,74)(H,57,71)(H,58,72)(H,59,75)(H,60,76)(H,63,64)(H,65,66)(H,67,68)(H,69,70)(H,79,80)(H,81,82)/t23-,24-,25-,26-,27+,28+,29-,30-,31-,32-/m0/s1. The van der Waals surface area contributed by atoms with E-state index in [0.29, 0.717) is 12.8 Å². The molecule has 82 heavy (non-hydrogen) atoms. The van der Waals surface area contributed by atoms with Gasteiger partial charge in [0, 0.05) is 25.7 Å². The van der Waals surface area contributed by atoms with Crippen molar-refractivity contribution in [2.75, 3.05) is 13.1 Å². The molecule has 10 atom stereocenters.